The van der Waals surface area contributed by atoms with Crippen LogP contribution in [0.2, 0.25) is 0 Å². The van der Waals surface area contributed by atoms with Crippen LogP contribution in [0.5, 0.6) is 5.75 Å². The van der Waals surface area contributed by atoms with Gasteiger partial charge in [-0.05, 0) is 49.6 Å². The Morgan fingerprint density at radius 1 is 1.42 bits per heavy atom. The van der Waals surface area contributed by atoms with Crippen LogP contribution in [0.1, 0.15) is 30.5 Å². The van der Waals surface area contributed by atoms with Gasteiger partial charge in [0, 0.05) is 42.7 Å². The molecule has 126 valence electrons. The highest BCUT2D eigenvalue weighted by Crippen LogP contribution is 2.39. The lowest BCUT2D eigenvalue weighted by Gasteiger charge is -2.45. The molecule has 2 aliphatic heterocycles. The average molecular weight is 324 g/mol. The number of likely N-dealkylation sites (tertiary alicyclic amines) is 1. The van der Waals surface area contributed by atoms with Gasteiger partial charge in [0.25, 0.3) is 0 Å². The number of hydrogen-bond acceptors (Lipinski definition) is 4. The van der Waals surface area contributed by atoms with Gasteiger partial charge >= 0.3 is 0 Å². The van der Waals surface area contributed by atoms with E-state index < -0.39 is 0 Å². The van der Waals surface area contributed by atoms with Crippen LogP contribution < -0.4 is 10.1 Å². The zero-order valence-corrected chi connectivity index (χ0v) is 14.2. The van der Waals surface area contributed by atoms with Gasteiger partial charge in [-0.15, -0.1) is 0 Å². The first-order valence-electron chi connectivity index (χ1n) is 8.79. The maximum Gasteiger partial charge on any atom is 0.119 e. The predicted molar refractivity (Wildman–Crippen MR) is 94.1 cm³/mol. The number of methoxy groups -OCH3 is 1. The molecule has 3 heterocycles. The average Bonchev–Trinajstić information content (AvgIpc) is 3.00. The van der Waals surface area contributed by atoms with Crippen molar-refractivity contribution in [2.75, 3.05) is 33.3 Å². The molecule has 5 nitrogen and oxygen atoms in total. The number of benzene rings is 1. The molecule has 1 unspecified atom stereocenters. The zero-order chi connectivity index (χ0) is 16.6. The van der Waals surface area contributed by atoms with Crippen LogP contribution >= 0.6 is 0 Å². The van der Waals surface area contributed by atoms with Gasteiger partial charge in [-0.25, -0.2) is 0 Å². The van der Waals surface area contributed by atoms with Crippen molar-refractivity contribution in [3.8, 4) is 11.8 Å². The molecule has 0 radical (unpaired) electrons. The summed E-state index contributed by atoms with van der Waals surface area (Å²) in [4.78, 5) is 6.13. The summed E-state index contributed by atoms with van der Waals surface area (Å²) in [5, 5.41) is 14.0. The van der Waals surface area contributed by atoms with Crippen molar-refractivity contribution in [2.45, 2.75) is 31.2 Å². The van der Waals surface area contributed by atoms with E-state index in [0.29, 0.717) is 6.42 Å². The number of aromatic amines is 1. The third-order valence-electron chi connectivity index (χ3n) is 5.54. The summed E-state index contributed by atoms with van der Waals surface area (Å²) in [5.74, 6) is 0.913. The van der Waals surface area contributed by atoms with Crippen molar-refractivity contribution in [2.24, 2.45) is 0 Å². The highest BCUT2D eigenvalue weighted by molar-refractivity contribution is 5.86. The Hall–Kier alpha value is -2.03. The summed E-state index contributed by atoms with van der Waals surface area (Å²) in [6, 6.07) is 8.57. The van der Waals surface area contributed by atoms with E-state index in [9.17, 15) is 0 Å². The molecule has 2 aromatic rings. The second-order valence-corrected chi connectivity index (χ2v) is 6.94. The van der Waals surface area contributed by atoms with Crippen LogP contribution in [-0.4, -0.2) is 43.2 Å². The SMILES string of the molecule is COc1ccc2[nH]c3c(c2c1)CCNC31CCCN(CCC#N)C1. The molecule has 4 rings (SSSR count). The minimum Gasteiger partial charge on any atom is -0.497 e. The maximum absolute atomic E-state index is 8.89. The van der Waals surface area contributed by atoms with Gasteiger partial charge in [0.1, 0.15) is 5.75 Å². The smallest absolute Gasteiger partial charge is 0.119 e. The monoisotopic (exact) mass is 324 g/mol. The number of rotatable bonds is 3. The number of hydrogen-bond donors (Lipinski definition) is 2. The number of H-pyrrole nitrogens is 1. The van der Waals surface area contributed by atoms with Gasteiger partial charge in [0.05, 0.1) is 18.7 Å². The first kappa shape index (κ1) is 15.5. The van der Waals surface area contributed by atoms with Crippen LogP contribution in [0.4, 0.5) is 0 Å². The summed E-state index contributed by atoms with van der Waals surface area (Å²) in [6.07, 6.45) is 3.96. The summed E-state index contributed by atoms with van der Waals surface area (Å²) >= 11 is 0. The molecular weight excluding hydrogens is 300 g/mol. The van der Waals surface area contributed by atoms with Crippen LogP contribution in [0.25, 0.3) is 10.9 Å². The van der Waals surface area contributed by atoms with Crippen molar-refractivity contribution in [3.05, 3.63) is 29.5 Å². The summed E-state index contributed by atoms with van der Waals surface area (Å²) in [6.45, 7) is 3.94. The molecule has 1 aromatic carbocycles. The molecule has 0 bridgehead atoms. The number of ether oxygens (including phenoxy) is 1. The van der Waals surface area contributed by atoms with Gasteiger partial charge in [0.2, 0.25) is 0 Å². The van der Waals surface area contributed by atoms with Crippen LogP contribution in [0, 0.1) is 11.3 Å². The molecule has 1 fully saturated rings. The molecule has 1 atom stereocenters. The summed E-state index contributed by atoms with van der Waals surface area (Å²) < 4.78 is 5.41. The topological polar surface area (TPSA) is 64.1 Å². The van der Waals surface area contributed by atoms with E-state index in [0.717, 1.165) is 51.2 Å². The normalized spacial score (nSPS) is 24.0. The van der Waals surface area contributed by atoms with Gasteiger partial charge in [-0.2, -0.15) is 5.26 Å². The Balaban J connectivity index is 1.74. The highest BCUT2D eigenvalue weighted by atomic mass is 16.5. The Kier molecular flexibility index (Phi) is 3.95. The summed E-state index contributed by atoms with van der Waals surface area (Å²) in [7, 11) is 1.72. The van der Waals surface area contributed by atoms with Gasteiger partial charge < -0.3 is 19.9 Å². The quantitative estimate of drug-likeness (QED) is 0.911. The Morgan fingerprint density at radius 2 is 2.33 bits per heavy atom. The van der Waals surface area contributed by atoms with Crippen molar-refractivity contribution >= 4 is 10.9 Å². The Labute approximate surface area is 142 Å². The number of fused-ring (bicyclic) bond motifs is 4. The number of piperidine rings is 1. The fraction of sp³-hybridized carbons (Fsp3) is 0.526. The van der Waals surface area contributed by atoms with E-state index in [1.165, 1.54) is 22.2 Å². The van der Waals surface area contributed by atoms with Gasteiger partial charge in [-0.1, -0.05) is 0 Å². The molecule has 1 saturated heterocycles. The third-order valence-corrected chi connectivity index (χ3v) is 5.54. The van der Waals surface area contributed by atoms with Crippen LogP contribution in [-0.2, 0) is 12.0 Å². The minimum atomic E-state index is -0.00640. The molecule has 24 heavy (non-hydrogen) atoms. The molecule has 1 aromatic heterocycles. The maximum atomic E-state index is 8.89. The van der Waals surface area contributed by atoms with E-state index in [-0.39, 0.29) is 5.54 Å². The Bertz CT molecular complexity index is 790. The minimum absolute atomic E-state index is 0.00640. The van der Waals surface area contributed by atoms with Crippen LogP contribution in [0.3, 0.4) is 0 Å². The Morgan fingerprint density at radius 3 is 3.17 bits per heavy atom. The molecule has 0 aliphatic carbocycles. The summed E-state index contributed by atoms with van der Waals surface area (Å²) in [5.41, 5.74) is 3.97. The van der Waals surface area contributed by atoms with Crippen molar-refractivity contribution < 1.29 is 4.74 Å². The number of nitrogens with zero attached hydrogens (tertiary/aromatic N) is 2. The third kappa shape index (κ3) is 2.47. The number of nitrogens with one attached hydrogen (secondary N) is 2. The second-order valence-electron chi connectivity index (χ2n) is 6.94. The standard InChI is InChI=1S/C19H24N4O/c1-24-14-4-5-17-16(12-14)15-6-9-21-19(18(15)22-17)7-2-10-23(13-19)11-3-8-20/h4-5,12,21-22H,2-3,6-7,9-11,13H2,1H3. The van der Waals surface area contributed by atoms with Crippen molar-refractivity contribution in [1.29, 1.82) is 5.26 Å². The van der Waals surface area contributed by atoms with Crippen LogP contribution in [0.15, 0.2) is 18.2 Å². The van der Waals surface area contributed by atoms with E-state index in [2.05, 4.69) is 33.4 Å². The van der Waals surface area contributed by atoms with E-state index in [1.807, 2.05) is 6.07 Å². The fourth-order valence-electron chi connectivity index (χ4n) is 4.43. The van der Waals surface area contributed by atoms with E-state index in [4.69, 9.17) is 10.00 Å². The number of aromatic nitrogens is 1. The number of nitriles is 1. The molecule has 0 amide bonds. The highest BCUT2D eigenvalue weighted by Gasteiger charge is 2.41. The molecular formula is C19H24N4O. The van der Waals surface area contributed by atoms with E-state index >= 15 is 0 Å². The molecule has 2 aliphatic rings. The lowest BCUT2D eigenvalue weighted by molar-refractivity contribution is 0.114. The second kappa shape index (κ2) is 6.12. The lowest BCUT2D eigenvalue weighted by Crippen LogP contribution is -2.57. The van der Waals surface area contributed by atoms with Gasteiger partial charge in [0.15, 0.2) is 0 Å². The molecule has 0 saturated carbocycles. The lowest BCUT2D eigenvalue weighted by atomic mass is 9.80. The fourth-order valence-corrected chi connectivity index (χ4v) is 4.43. The molecule has 2 N–H and O–H groups in total. The first-order valence-corrected chi connectivity index (χ1v) is 8.79. The first-order chi connectivity index (χ1) is 11.8. The predicted octanol–water partition coefficient (Wildman–Crippen LogP) is 2.53. The molecule has 1 spiro atoms. The van der Waals surface area contributed by atoms with Crippen molar-refractivity contribution in [1.82, 2.24) is 15.2 Å². The molecule has 5 heteroatoms. The van der Waals surface area contributed by atoms with Crippen molar-refractivity contribution in [3.63, 3.8) is 0 Å². The van der Waals surface area contributed by atoms with Gasteiger partial charge in [-0.3, -0.25) is 0 Å². The zero-order valence-electron chi connectivity index (χ0n) is 14.2. The largest absolute Gasteiger partial charge is 0.497 e. The van der Waals surface area contributed by atoms with E-state index in [1.54, 1.807) is 7.11 Å².